The first kappa shape index (κ1) is 9.98. The van der Waals surface area contributed by atoms with Crippen molar-refractivity contribution < 1.29 is 4.79 Å². The van der Waals surface area contributed by atoms with E-state index in [4.69, 9.17) is 0 Å². The van der Waals surface area contributed by atoms with Crippen LogP contribution in [0.25, 0.3) is 0 Å². The van der Waals surface area contributed by atoms with E-state index in [0.29, 0.717) is 17.6 Å². The summed E-state index contributed by atoms with van der Waals surface area (Å²) in [5, 5.41) is 0.134. The molecule has 0 radical (unpaired) electrons. The first-order valence-corrected chi connectivity index (χ1v) is 5.58. The summed E-state index contributed by atoms with van der Waals surface area (Å²) in [6.07, 6.45) is 2.19. The van der Waals surface area contributed by atoms with Crippen LogP contribution in [0.15, 0.2) is 22.9 Å². The molecular formula is C9H9BrN2OS. The highest BCUT2D eigenvalue weighted by Gasteiger charge is 2.29. The Kier molecular flexibility index (Phi) is 2.78. The van der Waals surface area contributed by atoms with E-state index in [1.807, 2.05) is 12.1 Å². The number of nitrogens with zero attached hydrogens (tertiary/aromatic N) is 2. The van der Waals surface area contributed by atoms with Gasteiger partial charge >= 0.3 is 0 Å². The highest BCUT2D eigenvalue weighted by molar-refractivity contribution is 9.10. The Labute approximate surface area is 96.0 Å². The first-order valence-electron chi connectivity index (χ1n) is 4.27. The number of thiol groups is 1. The predicted molar refractivity (Wildman–Crippen MR) is 61.7 cm³/mol. The molecule has 2 heterocycles. The number of carbonyl (C=O) groups is 1. The molecule has 5 heteroatoms. The van der Waals surface area contributed by atoms with Crippen molar-refractivity contribution in [3.63, 3.8) is 0 Å². The lowest BCUT2D eigenvalue weighted by atomic mass is 10.4. The van der Waals surface area contributed by atoms with Crippen LogP contribution in [0.2, 0.25) is 0 Å². The van der Waals surface area contributed by atoms with E-state index >= 15 is 0 Å². The number of anilines is 1. The Balaban J connectivity index is 2.32. The van der Waals surface area contributed by atoms with Gasteiger partial charge in [-0.2, -0.15) is 12.6 Å². The minimum absolute atomic E-state index is 0.110. The molecule has 1 fully saturated rings. The van der Waals surface area contributed by atoms with Gasteiger partial charge in [-0.15, -0.1) is 0 Å². The number of hydrogen-bond acceptors (Lipinski definition) is 3. The molecule has 0 bridgehead atoms. The molecule has 1 saturated heterocycles. The zero-order valence-corrected chi connectivity index (χ0v) is 9.83. The van der Waals surface area contributed by atoms with E-state index in [9.17, 15) is 4.79 Å². The summed E-state index contributed by atoms with van der Waals surface area (Å²) in [4.78, 5) is 17.4. The van der Waals surface area contributed by atoms with Crippen LogP contribution in [0.3, 0.4) is 0 Å². The third-order valence-electron chi connectivity index (χ3n) is 2.13. The fraction of sp³-hybridized carbons (Fsp3) is 0.333. The predicted octanol–water partition coefficient (Wildman–Crippen LogP) is 1.88. The van der Waals surface area contributed by atoms with Crippen molar-refractivity contribution in [2.45, 2.75) is 11.7 Å². The molecule has 1 aliphatic heterocycles. The molecule has 1 aliphatic rings. The van der Waals surface area contributed by atoms with Crippen molar-refractivity contribution in [3.05, 3.63) is 22.9 Å². The van der Waals surface area contributed by atoms with E-state index in [1.165, 1.54) is 0 Å². The SMILES string of the molecule is O=C1CC(S)CN1c1cccnc1Br. The van der Waals surface area contributed by atoms with E-state index in [0.717, 1.165) is 5.69 Å². The van der Waals surface area contributed by atoms with Crippen LogP contribution in [0.5, 0.6) is 0 Å². The summed E-state index contributed by atoms with van der Waals surface area (Å²) in [7, 11) is 0. The van der Waals surface area contributed by atoms with E-state index < -0.39 is 0 Å². The average molecular weight is 273 g/mol. The maximum Gasteiger partial charge on any atom is 0.228 e. The lowest BCUT2D eigenvalue weighted by Gasteiger charge is -2.16. The van der Waals surface area contributed by atoms with Crippen LogP contribution >= 0.6 is 28.6 Å². The summed E-state index contributed by atoms with van der Waals surface area (Å²) in [6, 6.07) is 3.69. The number of carbonyl (C=O) groups excluding carboxylic acids is 1. The maximum atomic E-state index is 11.6. The van der Waals surface area contributed by atoms with Crippen molar-refractivity contribution in [1.82, 2.24) is 4.98 Å². The van der Waals surface area contributed by atoms with Gasteiger partial charge in [0.1, 0.15) is 4.60 Å². The normalized spacial score (nSPS) is 21.7. The second-order valence-electron chi connectivity index (χ2n) is 3.18. The van der Waals surface area contributed by atoms with Crippen molar-refractivity contribution in [1.29, 1.82) is 0 Å². The lowest BCUT2D eigenvalue weighted by Crippen LogP contribution is -2.25. The second-order valence-corrected chi connectivity index (χ2v) is 4.66. The third-order valence-corrected chi connectivity index (χ3v) is 3.09. The molecule has 3 nitrogen and oxygen atoms in total. The van der Waals surface area contributed by atoms with Crippen LogP contribution in [0.1, 0.15) is 6.42 Å². The molecule has 74 valence electrons. The van der Waals surface area contributed by atoms with Gasteiger partial charge in [0.2, 0.25) is 5.91 Å². The second kappa shape index (κ2) is 3.90. The topological polar surface area (TPSA) is 33.2 Å². The zero-order valence-electron chi connectivity index (χ0n) is 7.35. The Hall–Kier alpha value is -0.550. The molecular weight excluding hydrogens is 264 g/mol. The molecule has 14 heavy (non-hydrogen) atoms. The van der Waals surface area contributed by atoms with E-state index in [1.54, 1.807) is 11.1 Å². The molecule has 0 saturated carbocycles. The molecule has 1 unspecified atom stereocenters. The van der Waals surface area contributed by atoms with Crippen molar-refractivity contribution in [2.75, 3.05) is 11.4 Å². The summed E-state index contributed by atoms with van der Waals surface area (Å²) >= 11 is 7.62. The third kappa shape index (κ3) is 1.79. The highest BCUT2D eigenvalue weighted by Crippen LogP contribution is 2.28. The number of halogens is 1. The van der Waals surface area contributed by atoms with Gasteiger partial charge in [0, 0.05) is 24.4 Å². The largest absolute Gasteiger partial charge is 0.309 e. The highest BCUT2D eigenvalue weighted by atomic mass is 79.9. The van der Waals surface area contributed by atoms with Crippen LogP contribution in [0, 0.1) is 0 Å². The molecule has 0 N–H and O–H groups in total. The molecule has 1 amide bonds. The van der Waals surface area contributed by atoms with E-state index in [2.05, 4.69) is 33.5 Å². The molecule has 0 aromatic carbocycles. The lowest BCUT2D eigenvalue weighted by molar-refractivity contribution is -0.117. The molecule has 1 aromatic rings. The van der Waals surface area contributed by atoms with Crippen molar-refractivity contribution in [2.24, 2.45) is 0 Å². The zero-order chi connectivity index (χ0) is 10.1. The monoisotopic (exact) mass is 272 g/mol. The van der Waals surface area contributed by atoms with Gasteiger partial charge in [-0.25, -0.2) is 4.98 Å². The van der Waals surface area contributed by atoms with Crippen LogP contribution in [-0.4, -0.2) is 22.7 Å². The average Bonchev–Trinajstić information content (AvgIpc) is 2.46. The molecule has 1 aromatic heterocycles. The quantitative estimate of drug-likeness (QED) is 0.626. The molecule has 1 atom stereocenters. The molecule has 0 aliphatic carbocycles. The Bertz CT molecular complexity index is 372. The summed E-state index contributed by atoms with van der Waals surface area (Å²) in [5.41, 5.74) is 0.828. The fourth-order valence-corrected chi connectivity index (χ4v) is 2.28. The van der Waals surface area contributed by atoms with Gasteiger partial charge in [-0.05, 0) is 28.1 Å². The van der Waals surface area contributed by atoms with Gasteiger partial charge in [-0.1, -0.05) is 0 Å². The van der Waals surface area contributed by atoms with Crippen molar-refractivity contribution in [3.8, 4) is 0 Å². The number of pyridine rings is 1. The Morgan fingerprint density at radius 2 is 2.43 bits per heavy atom. The van der Waals surface area contributed by atoms with Gasteiger partial charge in [0.05, 0.1) is 5.69 Å². The Morgan fingerprint density at radius 1 is 1.64 bits per heavy atom. The number of rotatable bonds is 1. The smallest absolute Gasteiger partial charge is 0.228 e. The minimum atomic E-state index is 0.110. The van der Waals surface area contributed by atoms with Crippen LogP contribution < -0.4 is 4.90 Å². The van der Waals surface area contributed by atoms with Gasteiger partial charge in [0.15, 0.2) is 0 Å². The fourth-order valence-electron chi connectivity index (χ4n) is 1.50. The first-order chi connectivity index (χ1) is 6.68. The number of amides is 1. The molecule has 0 spiro atoms. The van der Waals surface area contributed by atoms with E-state index in [-0.39, 0.29) is 11.2 Å². The van der Waals surface area contributed by atoms with Gasteiger partial charge in [-0.3, -0.25) is 4.79 Å². The standard InChI is InChI=1S/C9H9BrN2OS/c10-9-7(2-1-3-11-9)12-5-6(14)4-8(12)13/h1-3,6,14H,4-5H2. The molecule has 2 rings (SSSR count). The summed E-state index contributed by atoms with van der Waals surface area (Å²) in [6.45, 7) is 0.659. The number of aromatic nitrogens is 1. The summed E-state index contributed by atoms with van der Waals surface area (Å²) < 4.78 is 0.704. The number of hydrogen-bond donors (Lipinski definition) is 1. The van der Waals surface area contributed by atoms with Crippen LogP contribution in [-0.2, 0) is 4.79 Å². The van der Waals surface area contributed by atoms with Gasteiger partial charge in [0.25, 0.3) is 0 Å². The van der Waals surface area contributed by atoms with Gasteiger partial charge < -0.3 is 4.90 Å². The van der Waals surface area contributed by atoms with Crippen LogP contribution in [0.4, 0.5) is 5.69 Å². The minimum Gasteiger partial charge on any atom is -0.309 e. The Morgan fingerprint density at radius 3 is 3.00 bits per heavy atom. The maximum absolute atomic E-state index is 11.6. The summed E-state index contributed by atoms with van der Waals surface area (Å²) in [5.74, 6) is 0.110. The van der Waals surface area contributed by atoms with Crippen molar-refractivity contribution >= 4 is 40.2 Å².